The molecule has 0 atom stereocenters. The Labute approximate surface area is 153 Å². The van der Waals surface area contributed by atoms with Crippen molar-refractivity contribution in [2.24, 2.45) is 0 Å². The number of sulfonamides is 1. The minimum Gasteiger partial charge on any atom is -0.341 e. The van der Waals surface area contributed by atoms with E-state index in [2.05, 4.69) is 4.72 Å². The number of rotatable bonds is 8. The topological polar surface area (TPSA) is 66.5 Å². The van der Waals surface area contributed by atoms with Gasteiger partial charge in [0.1, 0.15) is 0 Å². The largest absolute Gasteiger partial charge is 0.341 e. The second-order valence-electron chi connectivity index (χ2n) is 5.60. The van der Waals surface area contributed by atoms with E-state index in [1.165, 1.54) is 19.1 Å². The number of benzene rings is 2. The molecule has 7 heteroatoms. The number of carbonyl (C=O) groups is 1. The second kappa shape index (κ2) is 8.99. The number of carbonyl (C=O) groups excluding carboxylic acids is 1. The molecule has 0 saturated carbocycles. The highest BCUT2D eigenvalue weighted by Crippen LogP contribution is 2.11. The Morgan fingerprint density at radius 1 is 1.08 bits per heavy atom. The highest BCUT2D eigenvalue weighted by Gasteiger charge is 2.14. The molecule has 2 aromatic rings. The summed E-state index contributed by atoms with van der Waals surface area (Å²) in [5.41, 5.74) is 1.03. The Kier molecular flexibility index (Phi) is 6.99. The first-order chi connectivity index (χ1) is 11.9. The van der Waals surface area contributed by atoms with Crippen LogP contribution >= 0.6 is 11.6 Å². The molecule has 0 radical (unpaired) electrons. The molecule has 2 aromatic carbocycles. The minimum atomic E-state index is -3.56. The number of nitrogens with one attached hydrogen (secondary N) is 1. The van der Waals surface area contributed by atoms with Crippen molar-refractivity contribution in [3.8, 4) is 0 Å². The number of hydrogen-bond donors (Lipinski definition) is 1. The van der Waals surface area contributed by atoms with Crippen LogP contribution in [0.1, 0.15) is 12.5 Å². The van der Waals surface area contributed by atoms with Crippen molar-refractivity contribution in [2.75, 3.05) is 19.6 Å². The summed E-state index contributed by atoms with van der Waals surface area (Å²) in [6.45, 7) is 2.45. The van der Waals surface area contributed by atoms with Gasteiger partial charge in [-0.3, -0.25) is 4.79 Å². The molecule has 25 heavy (non-hydrogen) atoms. The second-order valence-corrected chi connectivity index (χ2v) is 7.80. The van der Waals surface area contributed by atoms with Crippen LogP contribution in [0.15, 0.2) is 59.5 Å². The quantitative estimate of drug-likeness (QED) is 0.765. The Morgan fingerprint density at radius 3 is 2.44 bits per heavy atom. The Bertz CT molecular complexity index is 810. The van der Waals surface area contributed by atoms with Gasteiger partial charge in [0.2, 0.25) is 15.9 Å². The molecule has 0 saturated heterocycles. The average Bonchev–Trinajstić information content (AvgIpc) is 2.58. The molecule has 0 fully saturated rings. The van der Waals surface area contributed by atoms with Gasteiger partial charge in [0, 0.05) is 31.6 Å². The Morgan fingerprint density at radius 2 is 1.80 bits per heavy atom. The highest BCUT2D eigenvalue weighted by atomic mass is 35.5. The summed E-state index contributed by atoms with van der Waals surface area (Å²) < 4.78 is 26.9. The standard InChI is InChI=1S/C18H21ClN2O3S/c1-15(22)21(12-10-16-6-5-7-17(19)14-16)13-11-20-25(23,24)18-8-3-2-4-9-18/h2-9,14,20H,10-13H2,1H3. The van der Waals surface area contributed by atoms with E-state index in [-0.39, 0.29) is 17.3 Å². The van der Waals surface area contributed by atoms with Gasteiger partial charge >= 0.3 is 0 Å². The Hall–Kier alpha value is -1.89. The smallest absolute Gasteiger partial charge is 0.240 e. The summed E-state index contributed by atoms with van der Waals surface area (Å²) in [5, 5.41) is 0.655. The third kappa shape index (κ3) is 6.16. The molecule has 0 aliphatic heterocycles. The Balaban J connectivity index is 1.88. The molecule has 0 spiro atoms. The first-order valence-corrected chi connectivity index (χ1v) is 9.79. The summed E-state index contributed by atoms with van der Waals surface area (Å²) >= 11 is 5.96. The van der Waals surface area contributed by atoms with E-state index < -0.39 is 10.0 Å². The molecular weight excluding hydrogens is 360 g/mol. The van der Waals surface area contributed by atoms with E-state index in [1.54, 1.807) is 29.2 Å². The number of nitrogens with zero attached hydrogens (tertiary/aromatic N) is 1. The van der Waals surface area contributed by atoms with Crippen LogP contribution in [0.4, 0.5) is 0 Å². The van der Waals surface area contributed by atoms with Crippen LogP contribution in [-0.2, 0) is 21.2 Å². The molecule has 0 heterocycles. The van der Waals surface area contributed by atoms with Crippen LogP contribution in [0.25, 0.3) is 0 Å². The van der Waals surface area contributed by atoms with Gasteiger partial charge in [0.15, 0.2) is 0 Å². The summed E-state index contributed by atoms with van der Waals surface area (Å²) in [7, 11) is -3.56. The lowest BCUT2D eigenvalue weighted by Crippen LogP contribution is -2.38. The molecule has 5 nitrogen and oxygen atoms in total. The van der Waals surface area contributed by atoms with E-state index in [1.807, 2.05) is 18.2 Å². The van der Waals surface area contributed by atoms with Crippen molar-refractivity contribution in [3.63, 3.8) is 0 Å². The maximum absolute atomic E-state index is 12.2. The lowest BCUT2D eigenvalue weighted by molar-refractivity contribution is -0.128. The summed E-state index contributed by atoms with van der Waals surface area (Å²) in [5.74, 6) is -0.0964. The molecule has 1 N–H and O–H groups in total. The zero-order valence-corrected chi connectivity index (χ0v) is 15.6. The predicted molar refractivity (Wildman–Crippen MR) is 99.0 cm³/mol. The first-order valence-electron chi connectivity index (χ1n) is 7.93. The van der Waals surface area contributed by atoms with Crippen molar-refractivity contribution in [3.05, 3.63) is 65.2 Å². The molecular formula is C18H21ClN2O3S. The molecule has 0 aliphatic carbocycles. The number of halogens is 1. The average molecular weight is 381 g/mol. The maximum Gasteiger partial charge on any atom is 0.240 e. The van der Waals surface area contributed by atoms with Crippen molar-refractivity contribution in [2.45, 2.75) is 18.2 Å². The third-order valence-electron chi connectivity index (χ3n) is 3.73. The van der Waals surface area contributed by atoms with Gasteiger partial charge in [-0.05, 0) is 36.2 Å². The van der Waals surface area contributed by atoms with Crippen molar-refractivity contribution in [1.82, 2.24) is 9.62 Å². The van der Waals surface area contributed by atoms with E-state index in [0.717, 1.165) is 5.56 Å². The monoisotopic (exact) mass is 380 g/mol. The number of amides is 1. The molecule has 1 amide bonds. The van der Waals surface area contributed by atoms with Gasteiger partial charge in [-0.2, -0.15) is 0 Å². The predicted octanol–water partition coefficient (Wildman–Crippen LogP) is 2.71. The zero-order valence-electron chi connectivity index (χ0n) is 14.0. The molecule has 134 valence electrons. The minimum absolute atomic E-state index is 0.0964. The molecule has 0 bridgehead atoms. The summed E-state index contributed by atoms with van der Waals surface area (Å²) in [6, 6.07) is 15.6. The summed E-state index contributed by atoms with van der Waals surface area (Å²) in [4.78, 5) is 13.6. The lowest BCUT2D eigenvalue weighted by atomic mass is 10.1. The van der Waals surface area contributed by atoms with Gasteiger partial charge in [-0.1, -0.05) is 41.9 Å². The fourth-order valence-electron chi connectivity index (χ4n) is 2.38. The van der Waals surface area contributed by atoms with Crippen LogP contribution in [0.2, 0.25) is 5.02 Å². The SMILES string of the molecule is CC(=O)N(CCNS(=O)(=O)c1ccccc1)CCc1cccc(Cl)c1. The normalized spacial score (nSPS) is 11.3. The summed E-state index contributed by atoms with van der Waals surface area (Å²) in [6.07, 6.45) is 0.658. The number of hydrogen-bond acceptors (Lipinski definition) is 3. The molecule has 0 aliphatic rings. The van der Waals surface area contributed by atoms with Crippen molar-refractivity contribution in [1.29, 1.82) is 0 Å². The third-order valence-corrected chi connectivity index (χ3v) is 5.44. The van der Waals surface area contributed by atoms with Crippen molar-refractivity contribution >= 4 is 27.5 Å². The molecule has 2 rings (SSSR count). The fraction of sp³-hybridized carbons (Fsp3) is 0.278. The first kappa shape index (κ1) is 19.4. The van der Waals surface area contributed by atoms with E-state index in [9.17, 15) is 13.2 Å². The van der Waals surface area contributed by atoms with E-state index >= 15 is 0 Å². The lowest BCUT2D eigenvalue weighted by Gasteiger charge is -2.21. The zero-order chi connectivity index (χ0) is 18.3. The van der Waals surface area contributed by atoms with Gasteiger partial charge in [0.05, 0.1) is 4.90 Å². The van der Waals surface area contributed by atoms with Crippen LogP contribution < -0.4 is 4.72 Å². The maximum atomic E-state index is 12.2. The van der Waals surface area contributed by atoms with Gasteiger partial charge in [-0.15, -0.1) is 0 Å². The van der Waals surface area contributed by atoms with Crippen LogP contribution in [-0.4, -0.2) is 38.9 Å². The van der Waals surface area contributed by atoms with Gasteiger partial charge < -0.3 is 4.90 Å². The van der Waals surface area contributed by atoms with Gasteiger partial charge in [0.25, 0.3) is 0 Å². The van der Waals surface area contributed by atoms with Crippen LogP contribution in [0.5, 0.6) is 0 Å². The van der Waals surface area contributed by atoms with E-state index in [4.69, 9.17) is 11.6 Å². The van der Waals surface area contributed by atoms with Gasteiger partial charge in [-0.25, -0.2) is 13.1 Å². The highest BCUT2D eigenvalue weighted by molar-refractivity contribution is 7.89. The molecule has 0 aromatic heterocycles. The van der Waals surface area contributed by atoms with Crippen LogP contribution in [0, 0.1) is 0 Å². The molecule has 0 unspecified atom stereocenters. The fourth-order valence-corrected chi connectivity index (χ4v) is 3.64. The van der Waals surface area contributed by atoms with Crippen LogP contribution in [0.3, 0.4) is 0 Å². The van der Waals surface area contributed by atoms with Crippen molar-refractivity contribution < 1.29 is 13.2 Å². The van der Waals surface area contributed by atoms with E-state index in [0.29, 0.717) is 24.5 Å².